The minimum atomic E-state index is -0.107. The predicted molar refractivity (Wildman–Crippen MR) is 61.9 cm³/mol. The smallest absolute Gasteiger partial charge is 0.243 e. The molecule has 0 radical (unpaired) electrons. The van der Waals surface area contributed by atoms with Gasteiger partial charge in [-0.15, -0.1) is 0 Å². The van der Waals surface area contributed by atoms with Crippen LogP contribution in [0.1, 0.15) is 69.6 Å². The third kappa shape index (κ3) is 2.26. The second kappa shape index (κ2) is 4.95. The number of hydrogen-bond acceptors (Lipinski definition) is 4. The first-order chi connectivity index (χ1) is 7.74. The molecule has 0 aliphatic heterocycles. The Morgan fingerprint density at radius 3 is 2.88 bits per heavy atom. The standard InChI is InChI=1S/C12H21N3O/c1-3-8-5-6-9(7-8)11-14-12(16-15-11)10(13)4-2/h8-10H,3-7,13H2,1-2H3/t8?,9?,10-/m1/s1. The molecule has 0 amide bonds. The normalized spacial score (nSPS) is 27.2. The van der Waals surface area contributed by atoms with Gasteiger partial charge in [-0.25, -0.2) is 0 Å². The quantitative estimate of drug-likeness (QED) is 0.852. The van der Waals surface area contributed by atoms with Crippen molar-refractivity contribution in [3.63, 3.8) is 0 Å². The first-order valence-electron chi connectivity index (χ1n) is 6.33. The van der Waals surface area contributed by atoms with Gasteiger partial charge in [0.2, 0.25) is 5.89 Å². The van der Waals surface area contributed by atoms with Gasteiger partial charge in [-0.05, 0) is 31.6 Å². The van der Waals surface area contributed by atoms with Crippen molar-refractivity contribution in [1.29, 1.82) is 0 Å². The van der Waals surface area contributed by atoms with Gasteiger partial charge in [0, 0.05) is 5.92 Å². The molecule has 2 N–H and O–H groups in total. The van der Waals surface area contributed by atoms with E-state index in [4.69, 9.17) is 10.3 Å². The summed E-state index contributed by atoms with van der Waals surface area (Å²) in [6.45, 7) is 4.28. The van der Waals surface area contributed by atoms with Crippen molar-refractivity contribution >= 4 is 0 Å². The van der Waals surface area contributed by atoms with Crippen molar-refractivity contribution in [3.8, 4) is 0 Å². The molecular weight excluding hydrogens is 202 g/mol. The summed E-state index contributed by atoms with van der Waals surface area (Å²) in [6.07, 6.45) is 5.79. The lowest BCUT2D eigenvalue weighted by Gasteiger charge is -2.04. The zero-order valence-corrected chi connectivity index (χ0v) is 10.1. The molecule has 16 heavy (non-hydrogen) atoms. The van der Waals surface area contributed by atoms with Crippen LogP contribution in [0.2, 0.25) is 0 Å². The average molecular weight is 223 g/mol. The molecule has 0 spiro atoms. The SMILES string of the molecule is CCC1CCC(c2noc([C@H](N)CC)n2)C1. The summed E-state index contributed by atoms with van der Waals surface area (Å²) in [6, 6.07) is -0.107. The van der Waals surface area contributed by atoms with Crippen LogP contribution in [0.15, 0.2) is 4.52 Å². The van der Waals surface area contributed by atoms with Crippen LogP contribution in [0, 0.1) is 5.92 Å². The lowest BCUT2D eigenvalue weighted by atomic mass is 10.0. The summed E-state index contributed by atoms with van der Waals surface area (Å²) in [5.74, 6) is 2.80. The Balaban J connectivity index is 2.02. The van der Waals surface area contributed by atoms with Crippen molar-refractivity contribution in [2.24, 2.45) is 11.7 Å². The summed E-state index contributed by atoms with van der Waals surface area (Å²) in [5.41, 5.74) is 5.86. The maximum absolute atomic E-state index is 5.86. The van der Waals surface area contributed by atoms with Crippen LogP contribution < -0.4 is 5.73 Å². The molecule has 2 rings (SSSR count). The third-order valence-corrected chi connectivity index (χ3v) is 3.70. The Labute approximate surface area is 96.6 Å². The number of hydrogen-bond donors (Lipinski definition) is 1. The summed E-state index contributed by atoms with van der Waals surface area (Å²) >= 11 is 0. The lowest BCUT2D eigenvalue weighted by Crippen LogP contribution is -2.09. The fourth-order valence-electron chi connectivity index (χ4n) is 2.42. The van der Waals surface area contributed by atoms with Crippen molar-refractivity contribution < 1.29 is 4.52 Å². The molecule has 0 saturated heterocycles. The highest BCUT2D eigenvalue weighted by Gasteiger charge is 2.28. The number of aromatic nitrogens is 2. The van der Waals surface area contributed by atoms with Crippen LogP contribution >= 0.6 is 0 Å². The first-order valence-corrected chi connectivity index (χ1v) is 6.33. The Morgan fingerprint density at radius 2 is 2.25 bits per heavy atom. The van der Waals surface area contributed by atoms with Crippen molar-refractivity contribution in [1.82, 2.24) is 10.1 Å². The molecule has 1 aromatic heterocycles. The molecule has 4 heteroatoms. The topological polar surface area (TPSA) is 64.9 Å². The number of nitrogens with two attached hydrogens (primary N) is 1. The van der Waals surface area contributed by atoms with Gasteiger partial charge in [0.15, 0.2) is 5.82 Å². The monoisotopic (exact) mass is 223 g/mol. The number of nitrogens with zero attached hydrogens (tertiary/aromatic N) is 2. The minimum absolute atomic E-state index is 0.107. The molecule has 1 aliphatic rings. The zero-order valence-electron chi connectivity index (χ0n) is 10.1. The summed E-state index contributed by atoms with van der Waals surface area (Å²) in [5, 5.41) is 4.07. The Bertz CT molecular complexity index is 337. The molecule has 1 aromatic rings. The molecule has 0 aromatic carbocycles. The fraction of sp³-hybridized carbons (Fsp3) is 0.833. The highest BCUT2D eigenvalue weighted by atomic mass is 16.5. The second-order valence-electron chi connectivity index (χ2n) is 4.79. The second-order valence-corrected chi connectivity index (χ2v) is 4.79. The van der Waals surface area contributed by atoms with Crippen LogP contribution in [0.25, 0.3) is 0 Å². The molecule has 1 aliphatic carbocycles. The fourth-order valence-corrected chi connectivity index (χ4v) is 2.42. The van der Waals surface area contributed by atoms with Gasteiger partial charge in [0.25, 0.3) is 0 Å². The van der Waals surface area contributed by atoms with E-state index < -0.39 is 0 Å². The lowest BCUT2D eigenvalue weighted by molar-refractivity contribution is 0.345. The van der Waals surface area contributed by atoms with E-state index in [2.05, 4.69) is 17.1 Å². The third-order valence-electron chi connectivity index (χ3n) is 3.70. The van der Waals surface area contributed by atoms with E-state index in [1.54, 1.807) is 0 Å². The molecule has 0 bridgehead atoms. The zero-order chi connectivity index (χ0) is 11.5. The highest BCUT2D eigenvalue weighted by molar-refractivity contribution is 5.01. The van der Waals surface area contributed by atoms with Crippen molar-refractivity contribution in [2.75, 3.05) is 0 Å². The van der Waals surface area contributed by atoms with E-state index in [1.807, 2.05) is 6.92 Å². The van der Waals surface area contributed by atoms with E-state index in [0.717, 1.165) is 18.2 Å². The molecular formula is C12H21N3O. The highest BCUT2D eigenvalue weighted by Crippen LogP contribution is 2.38. The van der Waals surface area contributed by atoms with Gasteiger partial charge in [-0.3, -0.25) is 0 Å². The van der Waals surface area contributed by atoms with E-state index in [-0.39, 0.29) is 6.04 Å². The number of rotatable bonds is 4. The van der Waals surface area contributed by atoms with Gasteiger partial charge in [0.05, 0.1) is 6.04 Å². The Kier molecular flexibility index (Phi) is 3.59. The molecule has 1 fully saturated rings. The van der Waals surface area contributed by atoms with Gasteiger partial charge in [-0.2, -0.15) is 4.98 Å². The molecule has 1 heterocycles. The molecule has 1 saturated carbocycles. The van der Waals surface area contributed by atoms with Gasteiger partial charge in [0.1, 0.15) is 0 Å². The van der Waals surface area contributed by atoms with Gasteiger partial charge in [-0.1, -0.05) is 25.4 Å². The van der Waals surface area contributed by atoms with Crippen LogP contribution in [0.4, 0.5) is 0 Å². The van der Waals surface area contributed by atoms with Gasteiger partial charge < -0.3 is 10.3 Å². The van der Waals surface area contributed by atoms with Crippen LogP contribution in [-0.2, 0) is 0 Å². The first kappa shape index (κ1) is 11.6. The van der Waals surface area contributed by atoms with Crippen LogP contribution in [-0.4, -0.2) is 10.1 Å². The Morgan fingerprint density at radius 1 is 1.44 bits per heavy atom. The van der Waals surface area contributed by atoms with E-state index >= 15 is 0 Å². The average Bonchev–Trinajstić information content (AvgIpc) is 2.95. The van der Waals surface area contributed by atoms with E-state index in [1.165, 1.54) is 25.7 Å². The summed E-state index contributed by atoms with van der Waals surface area (Å²) < 4.78 is 5.21. The molecule has 90 valence electrons. The largest absolute Gasteiger partial charge is 0.338 e. The summed E-state index contributed by atoms with van der Waals surface area (Å²) in [7, 11) is 0. The maximum Gasteiger partial charge on any atom is 0.243 e. The predicted octanol–water partition coefficient (Wildman–Crippen LogP) is 2.77. The van der Waals surface area contributed by atoms with Crippen molar-refractivity contribution in [3.05, 3.63) is 11.7 Å². The van der Waals surface area contributed by atoms with Crippen LogP contribution in [0.3, 0.4) is 0 Å². The maximum atomic E-state index is 5.86. The summed E-state index contributed by atoms with van der Waals surface area (Å²) in [4.78, 5) is 4.43. The van der Waals surface area contributed by atoms with Gasteiger partial charge >= 0.3 is 0 Å². The molecule has 2 unspecified atom stereocenters. The Hall–Kier alpha value is -0.900. The van der Waals surface area contributed by atoms with Crippen molar-refractivity contribution in [2.45, 2.75) is 57.9 Å². The van der Waals surface area contributed by atoms with E-state index in [0.29, 0.717) is 11.8 Å². The molecule has 4 nitrogen and oxygen atoms in total. The van der Waals surface area contributed by atoms with E-state index in [9.17, 15) is 0 Å². The molecule has 3 atom stereocenters. The van der Waals surface area contributed by atoms with Crippen LogP contribution in [0.5, 0.6) is 0 Å². The minimum Gasteiger partial charge on any atom is -0.338 e.